The van der Waals surface area contributed by atoms with Gasteiger partial charge in [0.1, 0.15) is 0 Å². The maximum absolute atomic E-state index is 3.44. The molecule has 2 aromatic rings. The van der Waals surface area contributed by atoms with Gasteiger partial charge in [-0.25, -0.2) is 0 Å². The van der Waals surface area contributed by atoms with E-state index in [0.717, 1.165) is 0 Å². The van der Waals surface area contributed by atoms with Gasteiger partial charge in [0.25, 0.3) is 0 Å². The SMILES string of the molecule is C[C@H](c1cc2ccccc2[nH]1)N(C)C. The molecule has 1 N–H and O–H groups in total. The van der Waals surface area contributed by atoms with Crippen molar-refractivity contribution in [1.82, 2.24) is 9.88 Å². The first-order valence-electron chi connectivity index (χ1n) is 4.92. The van der Waals surface area contributed by atoms with Crippen LogP contribution in [0.5, 0.6) is 0 Å². The number of fused-ring (bicyclic) bond motifs is 1. The summed E-state index contributed by atoms with van der Waals surface area (Å²) in [6.07, 6.45) is 0. The van der Waals surface area contributed by atoms with Gasteiger partial charge in [0.2, 0.25) is 0 Å². The minimum atomic E-state index is 0.433. The Balaban J connectivity index is 2.45. The summed E-state index contributed by atoms with van der Waals surface area (Å²) in [6.45, 7) is 2.20. The van der Waals surface area contributed by atoms with E-state index in [1.807, 2.05) is 0 Å². The number of rotatable bonds is 2. The van der Waals surface area contributed by atoms with Gasteiger partial charge in [-0.1, -0.05) is 18.2 Å². The van der Waals surface area contributed by atoms with Crippen LogP contribution in [0.1, 0.15) is 18.7 Å². The molecular formula is C12H16N2. The molecular weight excluding hydrogens is 172 g/mol. The molecule has 0 aliphatic heterocycles. The van der Waals surface area contributed by atoms with E-state index in [1.165, 1.54) is 16.6 Å². The summed E-state index contributed by atoms with van der Waals surface area (Å²) in [6, 6.07) is 11.0. The largest absolute Gasteiger partial charge is 0.357 e. The summed E-state index contributed by atoms with van der Waals surface area (Å²) < 4.78 is 0. The van der Waals surface area contributed by atoms with Gasteiger partial charge < -0.3 is 9.88 Å². The lowest BCUT2D eigenvalue weighted by Crippen LogP contribution is -2.16. The number of nitrogens with zero attached hydrogens (tertiary/aromatic N) is 1. The second kappa shape index (κ2) is 3.46. The van der Waals surface area contributed by atoms with Crippen molar-refractivity contribution in [3.8, 4) is 0 Å². The van der Waals surface area contributed by atoms with Crippen molar-refractivity contribution in [2.75, 3.05) is 14.1 Å². The zero-order valence-corrected chi connectivity index (χ0v) is 8.91. The summed E-state index contributed by atoms with van der Waals surface area (Å²) in [7, 11) is 4.19. The quantitative estimate of drug-likeness (QED) is 0.767. The molecule has 74 valence electrons. The molecule has 0 aliphatic rings. The lowest BCUT2D eigenvalue weighted by Gasteiger charge is -2.17. The predicted molar refractivity (Wildman–Crippen MR) is 60.4 cm³/mol. The third-order valence-electron chi connectivity index (χ3n) is 2.78. The monoisotopic (exact) mass is 188 g/mol. The molecule has 0 spiro atoms. The summed E-state index contributed by atoms with van der Waals surface area (Å²) in [5, 5.41) is 1.29. The van der Waals surface area contributed by atoms with E-state index in [0.29, 0.717) is 6.04 Å². The van der Waals surface area contributed by atoms with Gasteiger partial charge in [-0.15, -0.1) is 0 Å². The van der Waals surface area contributed by atoms with Gasteiger partial charge in [-0.05, 0) is 38.5 Å². The molecule has 2 nitrogen and oxygen atoms in total. The van der Waals surface area contributed by atoms with Crippen molar-refractivity contribution in [3.63, 3.8) is 0 Å². The summed E-state index contributed by atoms with van der Waals surface area (Å²) in [5.74, 6) is 0. The highest BCUT2D eigenvalue weighted by Gasteiger charge is 2.09. The summed E-state index contributed by atoms with van der Waals surface area (Å²) >= 11 is 0. The number of hydrogen-bond donors (Lipinski definition) is 1. The van der Waals surface area contributed by atoms with Gasteiger partial charge in [0, 0.05) is 17.3 Å². The fourth-order valence-electron chi connectivity index (χ4n) is 1.60. The molecule has 1 aromatic carbocycles. The number of aromatic amines is 1. The van der Waals surface area contributed by atoms with E-state index in [4.69, 9.17) is 0 Å². The topological polar surface area (TPSA) is 19.0 Å². The zero-order valence-electron chi connectivity index (χ0n) is 8.91. The van der Waals surface area contributed by atoms with E-state index in [-0.39, 0.29) is 0 Å². The van der Waals surface area contributed by atoms with Crippen LogP contribution < -0.4 is 0 Å². The Morgan fingerprint density at radius 3 is 2.57 bits per heavy atom. The maximum atomic E-state index is 3.44. The molecule has 0 saturated heterocycles. The molecule has 14 heavy (non-hydrogen) atoms. The number of benzene rings is 1. The van der Waals surface area contributed by atoms with Crippen LogP contribution in [0, 0.1) is 0 Å². The van der Waals surface area contributed by atoms with Crippen LogP contribution in [0.25, 0.3) is 10.9 Å². The van der Waals surface area contributed by atoms with E-state index < -0.39 is 0 Å². The predicted octanol–water partition coefficient (Wildman–Crippen LogP) is 2.79. The Kier molecular flexibility index (Phi) is 2.30. The third kappa shape index (κ3) is 1.53. The minimum Gasteiger partial charge on any atom is -0.357 e. The average Bonchev–Trinajstić information content (AvgIpc) is 2.59. The van der Waals surface area contributed by atoms with Crippen molar-refractivity contribution < 1.29 is 0 Å². The third-order valence-corrected chi connectivity index (χ3v) is 2.78. The van der Waals surface area contributed by atoms with Gasteiger partial charge in [0.15, 0.2) is 0 Å². The van der Waals surface area contributed by atoms with Crippen LogP contribution in [0.4, 0.5) is 0 Å². The van der Waals surface area contributed by atoms with Crippen LogP contribution in [-0.2, 0) is 0 Å². The van der Waals surface area contributed by atoms with Crippen LogP contribution >= 0.6 is 0 Å². The number of hydrogen-bond acceptors (Lipinski definition) is 1. The molecule has 0 amide bonds. The van der Waals surface area contributed by atoms with Crippen molar-refractivity contribution in [2.45, 2.75) is 13.0 Å². The van der Waals surface area contributed by atoms with Crippen LogP contribution in [-0.4, -0.2) is 24.0 Å². The van der Waals surface area contributed by atoms with E-state index in [2.05, 4.69) is 61.2 Å². The molecule has 2 heteroatoms. The van der Waals surface area contributed by atoms with Crippen LogP contribution in [0.3, 0.4) is 0 Å². The number of aromatic nitrogens is 1. The first-order chi connectivity index (χ1) is 6.68. The lowest BCUT2D eigenvalue weighted by atomic mass is 10.2. The Bertz CT molecular complexity index is 396. The van der Waals surface area contributed by atoms with Gasteiger partial charge in [-0.2, -0.15) is 0 Å². The summed E-state index contributed by atoms with van der Waals surface area (Å²) in [5.41, 5.74) is 2.49. The van der Waals surface area contributed by atoms with Crippen molar-refractivity contribution in [2.24, 2.45) is 0 Å². The lowest BCUT2D eigenvalue weighted by molar-refractivity contribution is 0.316. The van der Waals surface area contributed by atoms with E-state index in [9.17, 15) is 0 Å². The Labute approximate surface area is 84.5 Å². The first kappa shape index (κ1) is 9.28. The highest BCUT2D eigenvalue weighted by atomic mass is 15.1. The number of para-hydroxylation sites is 1. The smallest absolute Gasteiger partial charge is 0.0464 e. The molecule has 2 rings (SSSR count). The van der Waals surface area contributed by atoms with Gasteiger partial charge in [0.05, 0.1) is 0 Å². The average molecular weight is 188 g/mol. The molecule has 0 saturated carbocycles. The van der Waals surface area contributed by atoms with Gasteiger partial charge in [-0.3, -0.25) is 0 Å². The highest BCUT2D eigenvalue weighted by Crippen LogP contribution is 2.21. The molecule has 0 aliphatic carbocycles. The number of H-pyrrole nitrogens is 1. The normalized spacial score (nSPS) is 13.7. The first-order valence-corrected chi connectivity index (χ1v) is 4.92. The molecule has 0 fully saturated rings. The maximum Gasteiger partial charge on any atom is 0.0464 e. The Morgan fingerprint density at radius 1 is 1.21 bits per heavy atom. The van der Waals surface area contributed by atoms with Crippen LogP contribution in [0.2, 0.25) is 0 Å². The van der Waals surface area contributed by atoms with Crippen molar-refractivity contribution >= 4 is 10.9 Å². The molecule has 0 unspecified atom stereocenters. The standard InChI is InChI=1S/C12H16N2/c1-9(14(2)3)12-8-10-6-4-5-7-11(10)13-12/h4-9,13H,1-3H3/t9-/m1/s1. The van der Waals surface area contributed by atoms with E-state index >= 15 is 0 Å². The number of nitrogens with one attached hydrogen (secondary N) is 1. The zero-order chi connectivity index (χ0) is 10.1. The second-order valence-electron chi connectivity index (χ2n) is 3.95. The molecule has 1 atom stereocenters. The minimum absolute atomic E-state index is 0.433. The van der Waals surface area contributed by atoms with Crippen molar-refractivity contribution in [1.29, 1.82) is 0 Å². The highest BCUT2D eigenvalue weighted by molar-refractivity contribution is 5.80. The Morgan fingerprint density at radius 2 is 1.93 bits per heavy atom. The molecule has 1 aromatic heterocycles. The van der Waals surface area contributed by atoms with E-state index in [1.54, 1.807) is 0 Å². The van der Waals surface area contributed by atoms with Crippen LogP contribution in [0.15, 0.2) is 30.3 Å². The van der Waals surface area contributed by atoms with Gasteiger partial charge >= 0.3 is 0 Å². The second-order valence-corrected chi connectivity index (χ2v) is 3.95. The fourth-order valence-corrected chi connectivity index (χ4v) is 1.60. The molecule has 1 heterocycles. The fraction of sp³-hybridized carbons (Fsp3) is 0.333. The Hall–Kier alpha value is -1.28. The molecule has 0 bridgehead atoms. The van der Waals surface area contributed by atoms with Crippen molar-refractivity contribution in [3.05, 3.63) is 36.0 Å². The summed E-state index contributed by atoms with van der Waals surface area (Å²) in [4.78, 5) is 5.63. The molecule has 0 radical (unpaired) electrons.